The molecule has 0 aromatic rings. The second-order valence-electron chi connectivity index (χ2n) is 3.84. The molecule has 0 spiro atoms. The summed E-state index contributed by atoms with van der Waals surface area (Å²) in [5, 5.41) is 9.40. The molecule has 62 valence electrons. The van der Waals surface area contributed by atoms with E-state index in [2.05, 4.69) is 6.08 Å². The number of aliphatic hydroxyl groups is 1. The minimum atomic E-state index is -0.0481. The van der Waals surface area contributed by atoms with Crippen molar-refractivity contribution in [3.05, 3.63) is 11.6 Å². The van der Waals surface area contributed by atoms with E-state index in [0.29, 0.717) is 0 Å². The van der Waals surface area contributed by atoms with Gasteiger partial charge in [-0.1, -0.05) is 11.6 Å². The quantitative estimate of drug-likeness (QED) is 0.528. The van der Waals surface area contributed by atoms with Crippen molar-refractivity contribution in [1.29, 1.82) is 0 Å². The molecule has 0 aromatic heterocycles. The molecule has 2 aliphatic carbocycles. The molecule has 2 rings (SSSR count). The van der Waals surface area contributed by atoms with Crippen molar-refractivity contribution in [3.63, 3.8) is 0 Å². The summed E-state index contributed by atoms with van der Waals surface area (Å²) < 4.78 is 0. The minimum absolute atomic E-state index is 0.0481. The van der Waals surface area contributed by atoms with Crippen LogP contribution in [0.3, 0.4) is 0 Å². The van der Waals surface area contributed by atoms with Gasteiger partial charge in [-0.15, -0.1) is 0 Å². The topological polar surface area (TPSA) is 20.2 Å². The highest BCUT2D eigenvalue weighted by Gasteiger charge is 2.23. The molecule has 0 amide bonds. The van der Waals surface area contributed by atoms with E-state index >= 15 is 0 Å². The molecule has 0 saturated heterocycles. The first kappa shape index (κ1) is 7.35. The smallest absolute Gasteiger partial charge is 0.0575 e. The predicted octanol–water partition coefficient (Wildman–Crippen LogP) is 2.26. The van der Waals surface area contributed by atoms with Crippen molar-refractivity contribution in [2.45, 2.75) is 44.6 Å². The van der Waals surface area contributed by atoms with Crippen LogP contribution in [0.1, 0.15) is 38.5 Å². The first-order valence-corrected chi connectivity index (χ1v) is 4.73. The van der Waals surface area contributed by atoms with E-state index < -0.39 is 0 Å². The molecule has 2 aliphatic rings. The molecule has 2 unspecified atom stereocenters. The van der Waals surface area contributed by atoms with Gasteiger partial charge in [0.25, 0.3) is 0 Å². The molecule has 1 fully saturated rings. The van der Waals surface area contributed by atoms with Gasteiger partial charge in [-0.05, 0) is 44.4 Å². The molecule has 0 aromatic carbocycles. The highest BCUT2D eigenvalue weighted by molar-refractivity contribution is 5.13. The Bertz CT molecular complexity index is 172. The molecule has 1 nitrogen and oxygen atoms in total. The third-order valence-corrected chi connectivity index (χ3v) is 3.04. The van der Waals surface area contributed by atoms with E-state index in [0.717, 1.165) is 18.8 Å². The van der Waals surface area contributed by atoms with Crippen molar-refractivity contribution >= 4 is 0 Å². The zero-order valence-corrected chi connectivity index (χ0v) is 6.92. The molecule has 0 heterocycles. The van der Waals surface area contributed by atoms with Crippen LogP contribution in [-0.2, 0) is 0 Å². The van der Waals surface area contributed by atoms with E-state index in [-0.39, 0.29) is 6.10 Å². The number of allylic oxidation sites excluding steroid dienone is 1. The monoisotopic (exact) mass is 152 g/mol. The average molecular weight is 152 g/mol. The highest BCUT2D eigenvalue weighted by atomic mass is 16.3. The summed E-state index contributed by atoms with van der Waals surface area (Å²) >= 11 is 0. The second kappa shape index (κ2) is 2.98. The molecule has 1 N–H and O–H groups in total. The van der Waals surface area contributed by atoms with Crippen LogP contribution in [0.25, 0.3) is 0 Å². The fraction of sp³-hybridized carbons (Fsp3) is 0.800. The summed E-state index contributed by atoms with van der Waals surface area (Å²) in [4.78, 5) is 0. The van der Waals surface area contributed by atoms with Crippen molar-refractivity contribution < 1.29 is 5.11 Å². The van der Waals surface area contributed by atoms with Crippen molar-refractivity contribution in [2.75, 3.05) is 0 Å². The summed E-state index contributed by atoms with van der Waals surface area (Å²) in [5.41, 5.74) is 1.64. The fourth-order valence-electron chi connectivity index (χ4n) is 2.34. The van der Waals surface area contributed by atoms with Gasteiger partial charge in [0, 0.05) is 0 Å². The molecule has 1 heteroatoms. The van der Waals surface area contributed by atoms with Gasteiger partial charge in [-0.25, -0.2) is 0 Å². The van der Waals surface area contributed by atoms with Crippen LogP contribution in [0.15, 0.2) is 11.6 Å². The average Bonchev–Trinajstić information content (AvgIpc) is 2.38. The van der Waals surface area contributed by atoms with Gasteiger partial charge in [0.2, 0.25) is 0 Å². The molecule has 2 atom stereocenters. The van der Waals surface area contributed by atoms with E-state index in [4.69, 9.17) is 0 Å². The van der Waals surface area contributed by atoms with Gasteiger partial charge < -0.3 is 5.11 Å². The Hall–Kier alpha value is -0.300. The Balaban J connectivity index is 2.08. The summed E-state index contributed by atoms with van der Waals surface area (Å²) in [6, 6.07) is 0. The maximum Gasteiger partial charge on any atom is 0.0575 e. The van der Waals surface area contributed by atoms with Crippen LogP contribution >= 0.6 is 0 Å². The fourth-order valence-corrected chi connectivity index (χ4v) is 2.34. The molecular formula is C10H16O. The number of aliphatic hydroxyl groups excluding tert-OH is 1. The Kier molecular flexibility index (Phi) is 1.99. The van der Waals surface area contributed by atoms with Gasteiger partial charge in [0.15, 0.2) is 0 Å². The lowest BCUT2D eigenvalue weighted by Crippen LogP contribution is -2.04. The molecule has 1 saturated carbocycles. The second-order valence-corrected chi connectivity index (χ2v) is 3.84. The molecular weight excluding hydrogens is 136 g/mol. The van der Waals surface area contributed by atoms with Crippen molar-refractivity contribution in [3.8, 4) is 0 Å². The first-order chi connectivity index (χ1) is 5.36. The highest BCUT2D eigenvalue weighted by Crippen LogP contribution is 2.37. The Morgan fingerprint density at radius 3 is 3.09 bits per heavy atom. The molecule has 11 heavy (non-hydrogen) atoms. The lowest BCUT2D eigenvalue weighted by Gasteiger charge is -2.08. The molecule has 0 bridgehead atoms. The van der Waals surface area contributed by atoms with Crippen molar-refractivity contribution in [2.24, 2.45) is 5.92 Å². The van der Waals surface area contributed by atoms with Crippen LogP contribution in [0.5, 0.6) is 0 Å². The van der Waals surface area contributed by atoms with Crippen LogP contribution in [-0.4, -0.2) is 11.2 Å². The van der Waals surface area contributed by atoms with Crippen LogP contribution in [0.4, 0.5) is 0 Å². The van der Waals surface area contributed by atoms with Gasteiger partial charge in [-0.2, -0.15) is 0 Å². The number of hydrogen-bond acceptors (Lipinski definition) is 1. The van der Waals surface area contributed by atoms with Crippen LogP contribution in [0, 0.1) is 5.92 Å². The lowest BCUT2D eigenvalue weighted by molar-refractivity contribution is 0.163. The number of rotatable bonds is 0. The van der Waals surface area contributed by atoms with Gasteiger partial charge in [-0.3, -0.25) is 0 Å². The molecule has 0 aliphatic heterocycles. The summed E-state index contributed by atoms with van der Waals surface area (Å²) in [5.74, 6) is 0.840. The van der Waals surface area contributed by atoms with E-state index in [9.17, 15) is 5.11 Å². The third kappa shape index (κ3) is 1.48. The van der Waals surface area contributed by atoms with E-state index in [1.54, 1.807) is 5.57 Å². The zero-order valence-electron chi connectivity index (χ0n) is 6.92. The minimum Gasteiger partial charge on any atom is -0.393 e. The summed E-state index contributed by atoms with van der Waals surface area (Å²) in [7, 11) is 0. The van der Waals surface area contributed by atoms with Gasteiger partial charge in [0.05, 0.1) is 6.10 Å². The maximum atomic E-state index is 9.40. The van der Waals surface area contributed by atoms with Crippen molar-refractivity contribution in [1.82, 2.24) is 0 Å². The zero-order chi connectivity index (χ0) is 7.68. The van der Waals surface area contributed by atoms with Gasteiger partial charge in [0.1, 0.15) is 0 Å². The number of hydrogen-bond donors (Lipinski definition) is 1. The largest absolute Gasteiger partial charge is 0.393 e. The Morgan fingerprint density at radius 1 is 1.27 bits per heavy atom. The SMILES string of the molecule is OC1CC=C2CCCC2CC1. The Morgan fingerprint density at radius 2 is 2.18 bits per heavy atom. The van der Waals surface area contributed by atoms with Crippen LogP contribution < -0.4 is 0 Å². The predicted molar refractivity (Wildman–Crippen MR) is 45.3 cm³/mol. The maximum absolute atomic E-state index is 9.40. The summed E-state index contributed by atoms with van der Waals surface area (Å²) in [6.45, 7) is 0. The standard InChI is InChI=1S/C10H16O/c11-10-6-4-8-2-1-3-9(8)5-7-10/h4,9-11H,1-3,5-7H2. The first-order valence-electron chi connectivity index (χ1n) is 4.73. The summed E-state index contributed by atoms with van der Waals surface area (Å²) in [6.07, 6.45) is 9.45. The molecule has 0 radical (unpaired) electrons. The van der Waals surface area contributed by atoms with E-state index in [1.807, 2.05) is 0 Å². The lowest BCUT2D eigenvalue weighted by atomic mass is 9.99. The Labute approximate surface area is 68.1 Å². The van der Waals surface area contributed by atoms with E-state index in [1.165, 1.54) is 25.7 Å². The normalized spacial score (nSPS) is 37.7. The van der Waals surface area contributed by atoms with Gasteiger partial charge >= 0.3 is 0 Å². The third-order valence-electron chi connectivity index (χ3n) is 3.04. The van der Waals surface area contributed by atoms with Crippen LogP contribution in [0.2, 0.25) is 0 Å². The number of fused-ring (bicyclic) bond motifs is 1.